The summed E-state index contributed by atoms with van der Waals surface area (Å²) in [6.07, 6.45) is 3.02. The number of urea groups is 1. The van der Waals surface area contributed by atoms with Crippen molar-refractivity contribution < 1.29 is 14.7 Å². The van der Waals surface area contributed by atoms with Gasteiger partial charge in [-0.2, -0.15) is 5.10 Å². The molecule has 0 aliphatic rings. The highest BCUT2D eigenvalue weighted by atomic mass is 16.4. The zero-order valence-electron chi connectivity index (χ0n) is 12.1. The van der Waals surface area contributed by atoms with Crippen LogP contribution in [0.25, 0.3) is 0 Å². The summed E-state index contributed by atoms with van der Waals surface area (Å²) in [6.45, 7) is 4.12. The topological polar surface area (TPSA) is 96.3 Å². The Balaban J connectivity index is 2.39. The van der Waals surface area contributed by atoms with E-state index in [1.54, 1.807) is 17.8 Å². The molecule has 1 aromatic heterocycles. The molecule has 0 spiro atoms. The fourth-order valence-corrected chi connectivity index (χ4v) is 1.83. The van der Waals surface area contributed by atoms with Crippen molar-refractivity contribution in [2.24, 2.45) is 13.0 Å². The van der Waals surface area contributed by atoms with E-state index in [1.807, 2.05) is 20.0 Å². The number of aryl methyl sites for hydroxylation is 1. The molecule has 1 rings (SSSR count). The summed E-state index contributed by atoms with van der Waals surface area (Å²) in [5.74, 6) is -1.13. The Morgan fingerprint density at radius 2 is 2.20 bits per heavy atom. The molecule has 0 aromatic carbocycles. The second-order valence-electron chi connectivity index (χ2n) is 4.80. The van der Waals surface area contributed by atoms with Crippen LogP contribution in [0.3, 0.4) is 0 Å². The zero-order chi connectivity index (χ0) is 15.1. The van der Waals surface area contributed by atoms with E-state index in [4.69, 9.17) is 5.11 Å². The van der Waals surface area contributed by atoms with Gasteiger partial charge < -0.3 is 15.7 Å². The first-order valence-corrected chi connectivity index (χ1v) is 6.69. The van der Waals surface area contributed by atoms with Crippen LogP contribution in [-0.2, 0) is 18.3 Å². The van der Waals surface area contributed by atoms with Crippen LogP contribution < -0.4 is 10.6 Å². The van der Waals surface area contributed by atoms with Crippen LogP contribution in [0.2, 0.25) is 0 Å². The number of aromatic nitrogens is 2. The van der Waals surface area contributed by atoms with Gasteiger partial charge in [-0.3, -0.25) is 4.68 Å². The monoisotopic (exact) mass is 282 g/mol. The van der Waals surface area contributed by atoms with E-state index in [2.05, 4.69) is 15.7 Å². The molecule has 20 heavy (non-hydrogen) atoms. The van der Waals surface area contributed by atoms with Crippen molar-refractivity contribution in [3.63, 3.8) is 0 Å². The first-order valence-electron chi connectivity index (χ1n) is 6.69. The Kier molecular flexibility index (Phi) is 6.02. The van der Waals surface area contributed by atoms with Gasteiger partial charge in [0.05, 0.1) is 0 Å². The van der Waals surface area contributed by atoms with Crippen molar-refractivity contribution in [3.8, 4) is 0 Å². The number of carbonyl (C=O) groups is 2. The molecule has 1 aromatic rings. The number of rotatable bonds is 7. The van der Waals surface area contributed by atoms with Gasteiger partial charge in [0.25, 0.3) is 0 Å². The predicted molar refractivity (Wildman–Crippen MR) is 74.3 cm³/mol. The smallest absolute Gasteiger partial charge is 0.326 e. The van der Waals surface area contributed by atoms with E-state index in [-0.39, 0.29) is 5.92 Å². The van der Waals surface area contributed by atoms with Gasteiger partial charge in [-0.25, -0.2) is 9.59 Å². The van der Waals surface area contributed by atoms with Crippen LogP contribution in [0.4, 0.5) is 4.79 Å². The summed E-state index contributed by atoms with van der Waals surface area (Å²) in [6, 6.07) is 0.551. The molecule has 0 radical (unpaired) electrons. The largest absolute Gasteiger partial charge is 0.480 e. The molecule has 0 saturated carbocycles. The third-order valence-electron chi connectivity index (χ3n) is 3.35. The zero-order valence-corrected chi connectivity index (χ0v) is 12.1. The van der Waals surface area contributed by atoms with Gasteiger partial charge in [-0.05, 0) is 12.0 Å². The molecule has 7 nitrogen and oxygen atoms in total. The van der Waals surface area contributed by atoms with Gasteiger partial charge >= 0.3 is 12.0 Å². The van der Waals surface area contributed by atoms with Crippen molar-refractivity contribution in [2.75, 3.05) is 6.54 Å². The number of carbonyl (C=O) groups excluding carboxylic acids is 1. The molecule has 7 heteroatoms. The summed E-state index contributed by atoms with van der Waals surface area (Å²) in [5.41, 5.74) is 1.00. The highest BCUT2D eigenvalue weighted by molar-refractivity contribution is 5.82. The number of carboxylic acid groups (broad SMARTS) is 1. The highest BCUT2D eigenvalue weighted by Gasteiger charge is 2.24. The summed E-state index contributed by atoms with van der Waals surface area (Å²) in [5, 5.41) is 18.3. The second kappa shape index (κ2) is 7.52. The minimum Gasteiger partial charge on any atom is -0.480 e. The lowest BCUT2D eigenvalue weighted by molar-refractivity contribution is -0.140. The Morgan fingerprint density at radius 3 is 2.70 bits per heavy atom. The Morgan fingerprint density at radius 1 is 1.50 bits per heavy atom. The summed E-state index contributed by atoms with van der Waals surface area (Å²) in [4.78, 5) is 22.8. The van der Waals surface area contributed by atoms with E-state index in [1.165, 1.54) is 0 Å². The molecule has 0 aliphatic carbocycles. The molecular formula is C13H22N4O3. The van der Waals surface area contributed by atoms with Crippen LogP contribution in [0.5, 0.6) is 0 Å². The van der Waals surface area contributed by atoms with E-state index in [0.29, 0.717) is 19.4 Å². The normalized spacial score (nSPS) is 13.6. The number of nitrogens with zero attached hydrogens (tertiary/aromatic N) is 2. The molecule has 3 N–H and O–H groups in total. The van der Waals surface area contributed by atoms with Crippen LogP contribution in [0.1, 0.15) is 26.0 Å². The van der Waals surface area contributed by atoms with Gasteiger partial charge in [-0.1, -0.05) is 20.3 Å². The fraction of sp³-hybridized carbons (Fsp3) is 0.615. The molecular weight excluding hydrogens is 260 g/mol. The lowest BCUT2D eigenvalue weighted by Crippen LogP contribution is -2.49. The fourth-order valence-electron chi connectivity index (χ4n) is 1.83. The van der Waals surface area contributed by atoms with E-state index in [9.17, 15) is 9.59 Å². The lowest BCUT2D eigenvalue weighted by Gasteiger charge is -2.20. The van der Waals surface area contributed by atoms with Gasteiger partial charge in [0, 0.05) is 31.9 Å². The molecule has 1 heterocycles. The minimum absolute atomic E-state index is 0.115. The van der Waals surface area contributed by atoms with Crippen LogP contribution in [0.15, 0.2) is 12.3 Å². The molecule has 2 amide bonds. The van der Waals surface area contributed by atoms with Crippen LogP contribution >= 0.6 is 0 Å². The van der Waals surface area contributed by atoms with Crippen molar-refractivity contribution in [2.45, 2.75) is 32.7 Å². The van der Waals surface area contributed by atoms with Gasteiger partial charge in [0.1, 0.15) is 6.04 Å². The standard InChI is InChI=1S/C13H22N4O3/c1-4-9(2)11(12(18)19)16-13(20)14-7-5-10-6-8-15-17(10)3/h6,8-9,11H,4-5,7H2,1-3H3,(H,18,19)(H2,14,16,20). The maximum absolute atomic E-state index is 11.7. The number of carboxylic acids is 1. The Bertz CT molecular complexity index is 458. The molecule has 0 aliphatic heterocycles. The third-order valence-corrected chi connectivity index (χ3v) is 3.35. The van der Waals surface area contributed by atoms with Crippen molar-refractivity contribution in [1.82, 2.24) is 20.4 Å². The van der Waals surface area contributed by atoms with Crippen molar-refractivity contribution >= 4 is 12.0 Å². The molecule has 112 valence electrons. The van der Waals surface area contributed by atoms with Gasteiger partial charge in [-0.15, -0.1) is 0 Å². The SMILES string of the molecule is CCC(C)C(NC(=O)NCCc1ccnn1C)C(=O)O. The summed E-state index contributed by atoms with van der Waals surface area (Å²) in [7, 11) is 1.83. The van der Waals surface area contributed by atoms with E-state index in [0.717, 1.165) is 5.69 Å². The number of aliphatic carboxylic acids is 1. The number of amides is 2. The maximum atomic E-state index is 11.7. The lowest BCUT2D eigenvalue weighted by atomic mass is 9.99. The van der Waals surface area contributed by atoms with Gasteiger partial charge in [0.15, 0.2) is 0 Å². The number of nitrogens with one attached hydrogen (secondary N) is 2. The van der Waals surface area contributed by atoms with E-state index >= 15 is 0 Å². The van der Waals surface area contributed by atoms with Crippen molar-refractivity contribution in [3.05, 3.63) is 18.0 Å². The molecule has 0 saturated heterocycles. The summed E-state index contributed by atoms with van der Waals surface area (Å²) >= 11 is 0. The number of hydrogen-bond donors (Lipinski definition) is 3. The molecule has 0 bridgehead atoms. The molecule has 2 atom stereocenters. The Hall–Kier alpha value is -2.05. The average Bonchev–Trinajstić information content (AvgIpc) is 2.80. The van der Waals surface area contributed by atoms with Gasteiger partial charge in [0.2, 0.25) is 0 Å². The van der Waals surface area contributed by atoms with E-state index < -0.39 is 18.0 Å². The van der Waals surface area contributed by atoms with Crippen LogP contribution in [-0.4, -0.2) is 39.5 Å². The van der Waals surface area contributed by atoms with Crippen LogP contribution in [0, 0.1) is 5.92 Å². The first kappa shape index (κ1) is 16.0. The Labute approximate surface area is 118 Å². The first-order chi connectivity index (χ1) is 9.45. The average molecular weight is 282 g/mol. The summed E-state index contributed by atoms with van der Waals surface area (Å²) < 4.78 is 1.73. The molecule has 2 unspecified atom stereocenters. The minimum atomic E-state index is -1.01. The number of hydrogen-bond acceptors (Lipinski definition) is 3. The molecule has 0 fully saturated rings. The quantitative estimate of drug-likeness (QED) is 0.688. The second-order valence-corrected chi connectivity index (χ2v) is 4.80. The van der Waals surface area contributed by atoms with Crippen molar-refractivity contribution in [1.29, 1.82) is 0 Å². The third kappa shape index (κ3) is 4.56. The maximum Gasteiger partial charge on any atom is 0.326 e. The predicted octanol–water partition coefficient (Wildman–Crippen LogP) is 0.761. The highest BCUT2D eigenvalue weighted by Crippen LogP contribution is 2.07.